The molecule has 4 aromatic rings. The Labute approximate surface area is 128 Å². The highest BCUT2D eigenvalue weighted by molar-refractivity contribution is 6.03. The number of nitrogens with one attached hydrogen (secondary N) is 1. The molecule has 7 heteroatoms. The van der Waals surface area contributed by atoms with Gasteiger partial charge in [0.2, 0.25) is 5.95 Å². The third-order valence-electron chi connectivity index (χ3n) is 3.87. The third kappa shape index (κ3) is 2.01. The van der Waals surface area contributed by atoms with Crippen LogP contribution in [-0.4, -0.2) is 19.5 Å². The minimum Gasteiger partial charge on any atom is -0.305 e. The molecule has 1 aromatic carbocycles. The molecule has 114 valence electrons. The average molecular weight is 312 g/mol. The minimum absolute atomic E-state index is 0.268. The van der Waals surface area contributed by atoms with Crippen LogP contribution in [0.25, 0.3) is 33.1 Å². The Morgan fingerprint density at radius 3 is 2.70 bits per heavy atom. The summed E-state index contributed by atoms with van der Waals surface area (Å²) in [6.07, 6.45) is 2.79. The topological polar surface area (TPSA) is 63.6 Å². The summed E-state index contributed by atoms with van der Waals surface area (Å²) in [5.74, 6) is -1.12. The Morgan fingerprint density at radius 1 is 1.13 bits per heavy atom. The monoisotopic (exact) mass is 312 g/mol. The van der Waals surface area contributed by atoms with Crippen LogP contribution >= 0.6 is 0 Å². The summed E-state index contributed by atoms with van der Waals surface area (Å²) in [7, 11) is 1.63. The number of pyridine rings is 2. The molecule has 0 atom stereocenters. The van der Waals surface area contributed by atoms with Crippen LogP contribution in [0.3, 0.4) is 0 Å². The first kappa shape index (κ1) is 13.6. The number of rotatable bonds is 1. The van der Waals surface area contributed by atoms with E-state index < -0.39 is 11.8 Å². The zero-order valence-corrected chi connectivity index (χ0v) is 12.0. The van der Waals surface area contributed by atoms with Crippen LogP contribution in [0.2, 0.25) is 0 Å². The fourth-order valence-electron chi connectivity index (χ4n) is 2.65. The van der Waals surface area contributed by atoms with Gasteiger partial charge in [0.1, 0.15) is 5.82 Å². The van der Waals surface area contributed by atoms with E-state index in [0.717, 1.165) is 0 Å². The van der Waals surface area contributed by atoms with Crippen molar-refractivity contribution in [2.45, 2.75) is 0 Å². The van der Waals surface area contributed by atoms with Gasteiger partial charge in [-0.1, -0.05) is 0 Å². The maximum atomic E-state index is 14.4. The fourth-order valence-corrected chi connectivity index (χ4v) is 2.65. The molecule has 1 N–H and O–H groups in total. The van der Waals surface area contributed by atoms with Crippen molar-refractivity contribution in [3.05, 3.63) is 58.9 Å². The highest BCUT2D eigenvalue weighted by atomic mass is 19.1. The largest absolute Gasteiger partial charge is 0.326 e. The molecule has 4 rings (SSSR count). The molecule has 3 aromatic heterocycles. The first-order valence-corrected chi connectivity index (χ1v) is 6.83. The smallest absolute Gasteiger partial charge is 0.305 e. The van der Waals surface area contributed by atoms with Crippen molar-refractivity contribution in [1.82, 2.24) is 19.5 Å². The average Bonchev–Trinajstić information content (AvgIpc) is 2.83. The summed E-state index contributed by atoms with van der Waals surface area (Å²) < 4.78 is 28.7. The van der Waals surface area contributed by atoms with E-state index in [9.17, 15) is 13.6 Å². The van der Waals surface area contributed by atoms with E-state index >= 15 is 0 Å². The number of hydrogen-bond donors (Lipinski definition) is 1. The van der Waals surface area contributed by atoms with Crippen molar-refractivity contribution >= 4 is 21.9 Å². The van der Waals surface area contributed by atoms with Gasteiger partial charge in [-0.05, 0) is 18.2 Å². The predicted molar refractivity (Wildman–Crippen MR) is 82.0 cm³/mol. The van der Waals surface area contributed by atoms with E-state index in [2.05, 4.69) is 15.0 Å². The summed E-state index contributed by atoms with van der Waals surface area (Å²) in [6.45, 7) is 0. The maximum absolute atomic E-state index is 14.4. The maximum Gasteiger partial charge on any atom is 0.326 e. The number of benzene rings is 1. The van der Waals surface area contributed by atoms with Gasteiger partial charge in [-0.2, -0.15) is 4.39 Å². The number of aromatic amines is 1. The Morgan fingerprint density at radius 2 is 1.96 bits per heavy atom. The summed E-state index contributed by atoms with van der Waals surface area (Å²) in [6, 6.07) is 5.50. The van der Waals surface area contributed by atoms with Crippen molar-refractivity contribution < 1.29 is 8.78 Å². The number of halogens is 2. The molecular formula is C16H10F2N4O. The van der Waals surface area contributed by atoms with Crippen molar-refractivity contribution in [2.24, 2.45) is 7.05 Å². The van der Waals surface area contributed by atoms with E-state index in [-0.39, 0.29) is 11.3 Å². The summed E-state index contributed by atoms with van der Waals surface area (Å²) >= 11 is 0. The lowest BCUT2D eigenvalue weighted by molar-refractivity contribution is 0.583. The predicted octanol–water partition coefficient (Wildman–Crippen LogP) is 2.76. The Kier molecular flexibility index (Phi) is 2.77. The fraction of sp³-hybridized carbons (Fsp3) is 0.0625. The van der Waals surface area contributed by atoms with Crippen LogP contribution in [0.5, 0.6) is 0 Å². The summed E-state index contributed by atoms with van der Waals surface area (Å²) in [5, 5.41) is 0.612. The number of hydrogen-bond acceptors (Lipinski definition) is 3. The number of nitrogens with zero attached hydrogens (tertiary/aromatic N) is 3. The first-order valence-electron chi connectivity index (χ1n) is 6.83. The number of imidazole rings is 1. The highest BCUT2D eigenvalue weighted by Gasteiger charge is 2.13. The third-order valence-corrected chi connectivity index (χ3v) is 3.87. The molecule has 23 heavy (non-hydrogen) atoms. The molecular weight excluding hydrogens is 302 g/mol. The van der Waals surface area contributed by atoms with Crippen LogP contribution in [0.15, 0.2) is 41.5 Å². The highest BCUT2D eigenvalue weighted by Crippen LogP contribution is 2.29. The Hall–Kier alpha value is -3.09. The zero-order chi connectivity index (χ0) is 16.1. The number of H-pyrrole nitrogens is 1. The lowest BCUT2D eigenvalue weighted by Gasteiger charge is -2.06. The van der Waals surface area contributed by atoms with Gasteiger partial charge in [-0.3, -0.25) is 9.55 Å². The van der Waals surface area contributed by atoms with E-state index in [1.54, 1.807) is 13.1 Å². The van der Waals surface area contributed by atoms with Crippen molar-refractivity contribution in [1.29, 1.82) is 0 Å². The van der Waals surface area contributed by atoms with Gasteiger partial charge in [0, 0.05) is 35.8 Å². The molecule has 0 unspecified atom stereocenters. The summed E-state index contributed by atoms with van der Waals surface area (Å²) in [4.78, 5) is 22.3. The SMILES string of the molecule is Cn1c(=O)[nH]c2c3cc(-c4ccc(F)nc4)c(F)cc3ncc21. The Balaban J connectivity index is 2.08. The number of aryl methyl sites for hydroxylation is 1. The second kappa shape index (κ2) is 4.70. The molecule has 0 fully saturated rings. The van der Waals surface area contributed by atoms with Gasteiger partial charge in [-0.15, -0.1) is 0 Å². The molecule has 0 saturated heterocycles. The molecule has 0 radical (unpaired) electrons. The van der Waals surface area contributed by atoms with Crippen molar-refractivity contribution in [3.63, 3.8) is 0 Å². The molecule has 0 aliphatic rings. The molecule has 0 spiro atoms. The van der Waals surface area contributed by atoms with Gasteiger partial charge < -0.3 is 4.98 Å². The molecule has 0 aliphatic heterocycles. The van der Waals surface area contributed by atoms with Gasteiger partial charge in [-0.25, -0.2) is 14.2 Å². The molecule has 0 bridgehead atoms. The van der Waals surface area contributed by atoms with Gasteiger partial charge in [0.25, 0.3) is 0 Å². The standard InChI is InChI=1S/C16H10F2N4O/c1-22-13-7-19-12-5-11(17)9(8-2-3-14(18)20-6-8)4-10(12)15(13)21-16(22)23/h2-7H,1H3,(H,21,23). The van der Waals surface area contributed by atoms with Crippen LogP contribution in [0, 0.1) is 11.8 Å². The quantitative estimate of drug-likeness (QED) is 0.550. The van der Waals surface area contributed by atoms with Crippen LogP contribution in [-0.2, 0) is 7.05 Å². The molecule has 0 saturated carbocycles. The molecule has 5 nitrogen and oxygen atoms in total. The van der Waals surface area contributed by atoms with Crippen LogP contribution in [0.4, 0.5) is 8.78 Å². The van der Waals surface area contributed by atoms with Gasteiger partial charge in [0.15, 0.2) is 0 Å². The first-order chi connectivity index (χ1) is 11.0. The molecule has 0 amide bonds. The Bertz CT molecular complexity index is 1110. The van der Waals surface area contributed by atoms with E-state index in [0.29, 0.717) is 27.5 Å². The number of fused-ring (bicyclic) bond motifs is 3. The van der Waals surface area contributed by atoms with Gasteiger partial charge >= 0.3 is 5.69 Å². The van der Waals surface area contributed by atoms with Crippen LogP contribution < -0.4 is 5.69 Å². The lowest BCUT2D eigenvalue weighted by Crippen LogP contribution is -2.11. The minimum atomic E-state index is -0.633. The van der Waals surface area contributed by atoms with Crippen LogP contribution in [0.1, 0.15) is 0 Å². The van der Waals surface area contributed by atoms with E-state index in [1.807, 2.05) is 0 Å². The number of aromatic nitrogens is 4. The normalized spacial score (nSPS) is 11.4. The van der Waals surface area contributed by atoms with Gasteiger partial charge in [0.05, 0.1) is 22.7 Å². The second-order valence-electron chi connectivity index (χ2n) is 5.23. The second-order valence-corrected chi connectivity index (χ2v) is 5.23. The lowest BCUT2D eigenvalue weighted by atomic mass is 10.0. The summed E-state index contributed by atoms with van der Waals surface area (Å²) in [5.41, 5.74) is 2.07. The zero-order valence-electron chi connectivity index (χ0n) is 12.0. The van der Waals surface area contributed by atoms with E-state index in [1.165, 1.54) is 35.2 Å². The van der Waals surface area contributed by atoms with Crippen molar-refractivity contribution in [2.75, 3.05) is 0 Å². The van der Waals surface area contributed by atoms with E-state index in [4.69, 9.17) is 0 Å². The molecule has 0 aliphatic carbocycles. The van der Waals surface area contributed by atoms with Crippen molar-refractivity contribution in [3.8, 4) is 11.1 Å². The molecule has 3 heterocycles.